The van der Waals surface area contributed by atoms with Crippen LogP contribution in [0.5, 0.6) is 0 Å². The van der Waals surface area contributed by atoms with Crippen LogP contribution in [-0.2, 0) is 9.59 Å². The van der Waals surface area contributed by atoms with Gasteiger partial charge in [0.1, 0.15) is 5.57 Å². The maximum Gasteiger partial charge on any atom is 0.335 e. The molecule has 2 aromatic rings. The molecule has 0 radical (unpaired) electrons. The third kappa shape index (κ3) is 3.64. The molecule has 0 aliphatic carbocycles. The van der Waals surface area contributed by atoms with E-state index >= 15 is 0 Å². The van der Waals surface area contributed by atoms with Crippen molar-refractivity contribution in [2.75, 3.05) is 4.90 Å². The molecule has 1 aliphatic rings. The molecular weight excluding hydrogens is 466 g/mol. The number of barbiturate groups is 1. The zero-order chi connectivity index (χ0) is 19.0. The van der Waals surface area contributed by atoms with Crippen molar-refractivity contribution in [2.24, 2.45) is 0 Å². The molecule has 1 N–H and O–H groups in total. The third-order valence-corrected chi connectivity index (χ3v) is 5.02. The Kier molecular flexibility index (Phi) is 5.39. The quantitative estimate of drug-likeness (QED) is 0.375. The standard InChI is InChI=1S/C17H8BrCl3N2O3/c18-9-2-1-3-11(6-9)23-16(25)12(15(24)22-17(23)26)5-8-4-10(19)7-13(20)14(8)21/h1-7H,(H,22,24,26)/b12-5-. The molecule has 26 heavy (non-hydrogen) atoms. The summed E-state index contributed by atoms with van der Waals surface area (Å²) in [4.78, 5) is 38.0. The SMILES string of the molecule is O=C1NC(=O)N(c2cccc(Br)c2)C(=O)/C1=C\c1cc(Cl)cc(Cl)c1Cl. The van der Waals surface area contributed by atoms with Crippen LogP contribution < -0.4 is 10.2 Å². The molecule has 4 amide bonds. The van der Waals surface area contributed by atoms with Gasteiger partial charge in [0.05, 0.1) is 15.7 Å². The summed E-state index contributed by atoms with van der Waals surface area (Å²) >= 11 is 21.3. The number of nitrogens with one attached hydrogen (secondary N) is 1. The van der Waals surface area contributed by atoms with E-state index in [4.69, 9.17) is 34.8 Å². The number of hydrogen-bond acceptors (Lipinski definition) is 3. The molecule has 5 nitrogen and oxygen atoms in total. The van der Waals surface area contributed by atoms with Crippen LogP contribution in [0.1, 0.15) is 5.56 Å². The van der Waals surface area contributed by atoms with E-state index in [0.717, 1.165) is 4.90 Å². The number of hydrogen-bond donors (Lipinski definition) is 1. The molecule has 0 spiro atoms. The molecule has 132 valence electrons. The Balaban J connectivity index is 2.09. The molecule has 9 heteroatoms. The maximum atomic E-state index is 12.8. The van der Waals surface area contributed by atoms with Crippen LogP contribution in [0.3, 0.4) is 0 Å². The lowest BCUT2D eigenvalue weighted by atomic mass is 10.1. The van der Waals surface area contributed by atoms with E-state index in [2.05, 4.69) is 21.2 Å². The number of imide groups is 2. The Hall–Kier alpha value is -1.86. The second kappa shape index (κ2) is 7.40. The minimum absolute atomic E-state index is 0.134. The average Bonchev–Trinajstić information content (AvgIpc) is 2.55. The van der Waals surface area contributed by atoms with E-state index in [9.17, 15) is 14.4 Å². The molecule has 0 atom stereocenters. The molecule has 1 aliphatic heterocycles. The second-order valence-corrected chi connectivity index (χ2v) is 7.37. The summed E-state index contributed by atoms with van der Waals surface area (Å²) in [6.07, 6.45) is 1.25. The monoisotopic (exact) mass is 472 g/mol. The third-order valence-electron chi connectivity index (χ3n) is 3.49. The number of halogens is 4. The first kappa shape index (κ1) is 18.9. The summed E-state index contributed by atoms with van der Waals surface area (Å²) in [5.41, 5.74) is 0.312. The Bertz CT molecular complexity index is 991. The second-order valence-electron chi connectivity index (χ2n) is 5.23. The van der Waals surface area contributed by atoms with Crippen molar-refractivity contribution in [3.63, 3.8) is 0 Å². The van der Waals surface area contributed by atoms with Gasteiger partial charge in [-0.1, -0.05) is 56.8 Å². The molecule has 0 bridgehead atoms. The number of rotatable bonds is 2. The zero-order valence-corrected chi connectivity index (χ0v) is 16.6. The number of benzene rings is 2. The van der Waals surface area contributed by atoms with Crippen molar-refractivity contribution in [1.29, 1.82) is 0 Å². The van der Waals surface area contributed by atoms with Crippen molar-refractivity contribution in [2.45, 2.75) is 0 Å². The van der Waals surface area contributed by atoms with Crippen LogP contribution in [0.15, 0.2) is 46.4 Å². The van der Waals surface area contributed by atoms with E-state index in [0.29, 0.717) is 10.2 Å². The van der Waals surface area contributed by atoms with Gasteiger partial charge in [-0.3, -0.25) is 14.9 Å². The smallest absolute Gasteiger partial charge is 0.273 e. The Morgan fingerprint density at radius 1 is 1.04 bits per heavy atom. The number of urea groups is 1. The van der Waals surface area contributed by atoms with E-state index in [1.165, 1.54) is 18.2 Å². The summed E-state index contributed by atoms with van der Waals surface area (Å²) in [6.45, 7) is 0. The van der Waals surface area contributed by atoms with E-state index in [-0.39, 0.29) is 26.2 Å². The first-order valence-corrected chi connectivity index (χ1v) is 9.02. The number of nitrogens with zero attached hydrogens (tertiary/aromatic N) is 1. The minimum atomic E-state index is -0.842. The number of carbonyl (C=O) groups excluding carboxylic acids is 3. The Morgan fingerprint density at radius 3 is 2.46 bits per heavy atom. The van der Waals surface area contributed by atoms with Gasteiger partial charge in [-0.15, -0.1) is 0 Å². The van der Waals surface area contributed by atoms with Crippen LogP contribution in [0.4, 0.5) is 10.5 Å². The van der Waals surface area contributed by atoms with Crippen molar-refractivity contribution >= 4 is 80.3 Å². The fourth-order valence-corrected chi connectivity index (χ4v) is 3.40. The number of anilines is 1. The number of carbonyl (C=O) groups is 3. The van der Waals surface area contributed by atoms with Gasteiger partial charge >= 0.3 is 6.03 Å². The van der Waals surface area contributed by atoms with E-state index in [1.807, 2.05) is 0 Å². The fraction of sp³-hybridized carbons (Fsp3) is 0. The first-order valence-electron chi connectivity index (χ1n) is 7.09. The predicted octanol–water partition coefficient (Wildman–Crippen LogP) is 5.08. The maximum absolute atomic E-state index is 12.8. The van der Waals surface area contributed by atoms with Crippen molar-refractivity contribution in [3.05, 3.63) is 67.1 Å². The molecule has 0 aromatic heterocycles. The van der Waals surface area contributed by atoms with Crippen molar-refractivity contribution in [1.82, 2.24) is 5.32 Å². The lowest BCUT2D eigenvalue weighted by Crippen LogP contribution is -2.54. The van der Waals surface area contributed by atoms with Gasteiger partial charge in [-0.25, -0.2) is 9.69 Å². The summed E-state index contributed by atoms with van der Waals surface area (Å²) in [5.74, 6) is -1.62. The molecule has 0 saturated carbocycles. The molecule has 0 unspecified atom stereocenters. The Morgan fingerprint density at radius 2 is 1.77 bits per heavy atom. The molecule has 1 fully saturated rings. The summed E-state index contributed by atoms with van der Waals surface area (Å²) in [6, 6.07) is 8.60. The van der Waals surface area contributed by atoms with Crippen LogP contribution in [-0.4, -0.2) is 17.8 Å². The van der Waals surface area contributed by atoms with Crippen molar-refractivity contribution < 1.29 is 14.4 Å². The van der Waals surface area contributed by atoms with Gasteiger partial charge in [-0.05, 0) is 42.0 Å². The molecule has 1 saturated heterocycles. The molecular formula is C17H8BrCl3N2O3. The first-order chi connectivity index (χ1) is 12.3. The summed E-state index contributed by atoms with van der Waals surface area (Å²) in [7, 11) is 0. The Labute approximate surface area is 171 Å². The van der Waals surface area contributed by atoms with Crippen LogP contribution in [0, 0.1) is 0 Å². The van der Waals surface area contributed by atoms with Gasteiger partial charge in [-0.2, -0.15) is 0 Å². The molecule has 1 heterocycles. The molecule has 2 aromatic carbocycles. The van der Waals surface area contributed by atoms with Gasteiger partial charge in [0.2, 0.25) is 0 Å². The topological polar surface area (TPSA) is 66.5 Å². The van der Waals surface area contributed by atoms with Gasteiger partial charge in [0.15, 0.2) is 0 Å². The van der Waals surface area contributed by atoms with Crippen LogP contribution in [0.25, 0.3) is 6.08 Å². The summed E-state index contributed by atoms with van der Waals surface area (Å²) in [5, 5.41) is 2.73. The highest BCUT2D eigenvalue weighted by Crippen LogP contribution is 2.32. The normalized spacial score (nSPS) is 16.2. The average molecular weight is 475 g/mol. The van der Waals surface area contributed by atoms with Crippen molar-refractivity contribution in [3.8, 4) is 0 Å². The number of amides is 4. The highest BCUT2D eigenvalue weighted by molar-refractivity contribution is 9.10. The van der Waals surface area contributed by atoms with Crippen LogP contribution >= 0.6 is 50.7 Å². The zero-order valence-electron chi connectivity index (χ0n) is 12.7. The van der Waals surface area contributed by atoms with E-state index in [1.54, 1.807) is 24.3 Å². The lowest BCUT2D eigenvalue weighted by Gasteiger charge is -2.26. The molecule has 3 rings (SSSR count). The fourth-order valence-electron chi connectivity index (χ4n) is 2.34. The predicted molar refractivity (Wildman–Crippen MR) is 105 cm³/mol. The van der Waals surface area contributed by atoms with Gasteiger partial charge in [0, 0.05) is 9.50 Å². The highest BCUT2D eigenvalue weighted by Gasteiger charge is 2.37. The summed E-state index contributed by atoms with van der Waals surface area (Å²) < 4.78 is 0.669. The largest absolute Gasteiger partial charge is 0.335 e. The van der Waals surface area contributed by atoms with Gasteiger partial charge in [0.25, 0.3) is 11.8 Å². The van der Waals surface area contributed by atoms with E-state index < -0.39 is 17.8 Å². The lowest BCUT2D eigenvalue weighted by molar-refractivity contribution is -0.122. The minimum Gasteiger partial charge on any atom is -0.273 e. The van der Waals surface area contributed by atoms with Gasteiger partial charge < -0.3 is 0 Å². The highest BCUT2D eigenvalue weighted by atomic mass is 79.9. The van der Waals surface area contributed by atoms with Crippen LogP contribution in [0.2, 0.25) is 15.1 Å².